The first-order valence-corrected chi connectivity index (χ1v) is 13.3. The molecule has 3 heterocycles. The molecule has 4 aromatic rings. The molecule has 1 amide bonds. The molecule has 2 atom stereocenters. The third-order valence-electron chi connectivity index (χ3n) is 6.91. The Hall–Kier alpha value is -4.17. The summed E-state index contributed by atoms with van der Waals surface area (Å²) in [5.74, 6) is 0.471. The molecule has 0 aliphatic carbocycles. The number of para-hydroxylation sites is 1. The number of nitrogens with one attached hydrogen (secondary N) is 2. The summed E-state index contributed by atoms with van der Waals surface area (Å²) in [7, 11) is 1.60. The zero-order valence-electron chi connectivity index (χ0n) is 22.8. The van der Waals surface area contributed by atoms with Gasteiger partial charge < -0.3 is 24.8 Å². The van der Waals surface area contributed by atoms with E-state index in [0.29, 0.717) is 16.5 Å². The minimum atomic E-state index is -0.536. The van der Waals surface area contributed by atoms with Gasteiger partial charge in [-0.3, -0.25) is 9.78 Å². The van der Waals surface area contributed by atoms with Crippen LogP contribution in [0.2, 0.25) is 0 Å². The second-order valence-corrected chi connectivity index (χ2v) is 11.0. The number of benzene rings is 2. The maximum absolute atomic E-state index is 12.7. The van der Waals surface area contributed by atoms with Gasteiger partial charge in [0.2, 0.25) is 5.91 Å². The Bertz CT molecular complexity index is 1490. The van der Waals surface area contributed by atoms with Crippen molar-refractivity contribution in [2.45, 2.75) is 39.8 Å². The van der Waals surface area contributed by atoms with Crippen LogP contribution < -0.4 is 20.3 Å². The van der Waals surface area contributed by atoms with Gasteiger partial charge in [-0.15, -0.1) is 0 Å². The van der Waals surface area contributed by atoms with Crippen LogP contribution in [-0.4, -0.2) is 27.7 Å². The molecule has 2 aromatic heterocycles. The van der Waals surface area contributed by atoms with Crippen LogP contribution in [0.15, 0.2) is 85.1 Å². The number of carbonyl (C=O) groups is 1. The Morgan fingerprint density at radius 1 is 1.00 bits per heavy atom. The topological polar surface area (TPSA) is 71.4 Å². The van der Waals surface area contributed by atoms with E-state index in [1.807, 2.05) is 75.4 Å². The summed E-state index contributed by atoms with van der Waals surface area (Å²) in [4.78, 5) is 19.5. The zero-order valence-corrected chi connectivity index (χ0v) is 23.6. The van der Waals surface area contributed by atoms with Gasteiger partial charge in [-0.2, -0.15) is 0 Å². The highest BCUT2D eigenvalue weighted by Gasteiger charge is 2.42. The summed E-state index contributed by atoms with van der Waals surface area (Å²) in [6.07, 6.45) is 1.80. The average Bonchev–Trinajstić information content (AvgIpc) is 3.48. The van der Waals surface area contributed by atoms with E-state index in [9.17, 15) is 4.79 Å². The molecule has 1 saturated heterocycles. The number of carbonyl (C=O) groups excluding carboxylic acids is 1. The monoisotopic (exact) mass is 539 g/mol. The molecular formula is C31H33N5O2S. The number of anilines is 2. The van der Waals surface area contributed by atoms with E-state index in [1.165, 1.54) is 0 Å². The van der Waals surface area contributed by atoms with E-state index >= 15 is 0 Å². The first kappa shape index (κ1) is 26.4. The lowest BCUT2D eigenvalue weighted by atomic mass is 9.95. The summed E-state index contributed by atoms with van der Waals surface area (Å²) in [6.45, 7) is 7.74. The SMILES string of the molecule is COc1cc(N2C(=S)N[C@H](c3ccccn3)[C@@H]2c2ccc(C)n2-c2ccccc2)ccc1NC(=O)C(C)(C)C. The van der Waals surface area contributed by atoms with E-state index < -0.39 is 5.41 Å². The van der Waals surface area contributed by atoms with Gasteiger partial charge in [0.05, 0.1) is 24.5 Å². The van der Waals surface area contributed by atoms with Crippen LogP contribution in [0, 0.1) is 12.3 Å². The Morgan fingerprint density at radius 3 is 2.41 bits per heavy atom. The molecule has 2 aromatic carbocycles. The number of ether oxygens (including phenoxy) is 1. The molecule has 0 radical (unpaired) electrons. The highest BCUT2D eigenvalue weighted by Crippen LogP contribution is 2.44. The number of aryl methyl sites for hydroxylation is 1. The minimum Gasteiger partial charge on any atom is -0.494 e. The molecule has 0 bridgehead atoms. The number of pyridine rings is 1. The van der Waals surface area contributed by atoms with Crippen LogP contribution in [0.4, 0.5) is 11.4 Å². The van der Waals surface area contributed by atoms with Crippen molar-refractivity contribution < 1.29 is 9.53 Å². The number of aromatic nitrogens is 2. The fraction of sp³-hybridized carbons (Fsp3) is 0.258. The van der Waals surface area contributed by atoms with Crippen molar-refractivity contribution in [3.63, 3.8) is 0 Å². The van der Waals surface area contributed by atoms with Crippen LogP contribution in [0.1, 0.15) is 49.9 Å². The van der Waals surface area contributed by atoms with Crippen molar-refractivity contribution in [2.75, 3.05) is 17.3 Å². The summed E-state index contributed by atoms with van der Waals surface area (Å²) < 4.78 is 7.98. The van der Waals surface area contributed by atoms with Crippen molar-refractivity contribution in [3.8, 4) is 11.4 Å². The van der Waals surface area contributed by atoms with Gasteiger partial charge in [0.1, 0.15) is 11.8 Å². The van der Waals surface area contributed by atoms with Crippen LogP contribution in [-0.2, 0) is 4.79 Å². The summed E-state index contributed by atoms with van der Waals surface area (Å²) in [5, 5.41) is 7.11. The van der Waals surface area contributed by atoms with E-state index in [0.717, 1.165) is 28.5 Å². The Balaban J connectivity index is 1.63. The molecule has 200 valence electrons. The van der Waals surface area contributed by atoms with Gasteiger partial charge in [0.25, 0.3) is 0 Å². The number of nitrogens with zero attached hydrogens (tertiary/aromatic N) is 3. The van der Waals surface area contributed by atoms with E-state index in [-0.39, 0.29) is 18.0 Å². The number of rotatable bonds is 6. The zero-order chi connectivity index (χ0) is 27.7. The Labute approximate surface area is 234 Å². The maximum atomic E-state index is 12.7. The fourth-order valence-electron chi connectivity index (χ4n) is 4.90. The fourth-order valence-corrected chi connectivity index (χ4v) is 5.24. The van der Waals surface area contributed by atoms with E-state index in [4.69, 9.17) is 17.0 Å². The smallest absolute Gasteiger partial charge is 0.229 e. The van der Waals surface area contributed by atoms with Gasteiger partial charge in [-0.05, 0) is 67.7 Å². The lowest BCUT2D eigenvalue weighted by molar-refractivity contribution is -0.123. The second kappa shape index (κ2) is 10.5. The number of hydrogen-bond acceptors (Lipinski definition) is 4. The van der Waals surface area contributed by atoms with Crippen LogP contribution in [0.25, 0.3) is 5.69 Å². The minimum absolute atomic E-state index is 0.0869. The van der Waals surface area contributed by atoms with Crippen LogP contribution in [0.5, 0.6) is 5.75 Å². The van der Waals surface area contributed by atoms with Crippen molar-refractivity contribution in [1.29, 1.82) is 0 Å². The largest absolute Gasteiger partial charge is 0.494 e. The molecule has 5 rings (SSSR count). The summed E-state index contributed by atoms with van der Waals surface area (Å²) >= 11 is 5.94. The molecule has 39 heavy (non-hydrogen) atoms. The van der Waals surface area contributed by atoms with Gasteiger partial charge in [0, 0.05) is 40.4 Å². The van der Waals surface area contributed by atoms with Gasteiger partial charge in [0.15, 0.2) is 5.11 Å². The van der Waals surface area contributed by atoms with Gasteiger partial charge in [-0.1, -0.05) is 45.0 Å². The second-order valence-electron chi connectivity index (χ2n) is 10.7. The molecule has 0 spiro atoms. The number of amides is 1. The summed E-state index contributed by atoms with van der Waals surface area (Å²) in [6, 6.07) is 25.9. The average molecular weight is 540 g/mol. The molecule has 0 saturated carbocycles. The highest BCUT2D eigenvalue weighted by molar-refractivity contribution is 7.80. The third kappa shape index (κ3) is 5.12. The normalized spacial score (nSPS) is 17.2. The molecule has 1 aliphatic rings. The quantitative estimate of drug-likeness (QED) is 0.278. The molecule has 2 N–H and O–H groups in total. The Morgan fingerprint density at radius 2 is 1.74 bits per heavy atom. The molecule has 8 heteroatoms. The first-order chi connectivity index (χ1) is 18.7. The lowest BCUT2D eigenvalue weighted by Gasteiger charge is -2.30. The molecule has 1 aliphatic heterocycles. The summed E-state index contributed by atoms with van der Waals surface area (Å²) in [5.41, 5.74) is 5.08. The third-order valence-corrected chi connectivity index (χ3v) is 7.23. The van der Waals surface area contributed by atoms with Crippen molar-refractivity contribution >= 4 is 34.6 Å². The van der Waals surface area contributed by atoms with Gasteiger partial charge in [-0.25, -0.2) is 0 Å². The lowest BCUT2D eigenvalue weighted by Crippen LogP contribution is -2.30. The molecule has 0 unspecified atom stereocenters. The molecular weight excluding hydrogens is 506 g/mol. The van der Waals surface area contributed by atoms with Crippen LogP contribution in [0.3, 0.4) is 0 Å². The van der Waals surface area contributed by atoms with Crippen molar-refractivity contribution in [1.82, 2.24) is 14.9 Å². The molecule has 7 nitrogen and oxygen atoms in total. The van der Waals surface area contributed by atoms with Gasteiger partial charge >= 0.3 is 0 Å². The maximum Gasteiger partial charge on any atom is 0.229 e. The highest BCUT2D eigenvalue weighted by atomic mass is 32.1. The Kier molecular flexibility index (Phi) is 7.14. The van der Waals surface area contributed by atoms with E-state index in [2.05, 4.69) is 56.3 Å². The van der Waals surface area contributed by atoms with E-state index in [1.54, 1.807) is 13.3 Å². The van der Waals surface area contributed by atoms with Crippen molar-refractivity contribution in [2.24, 2.45) is 5.41 Å². The van der Waals surface area contributed by atoms with Crippen molar-refractivity contribution in [3.05, 3.63) is 102 Å². The number of hydrogen-bond donors (Lipinski definition) is 2. The number of thiocarbonyl (C=S) groups is 1. The predicted octanol–water partition coefficient (Wildman–Crippen LogP) is 6.35. The number of methoxy groups -OCH3 is 1. The first-order valence-electron chi connectivity index (χ1n) is 12.9. The predicted molar refractivity (Wildman–Crippen MR) is 160 cm³/mol. The standard InChI is InChI=1S/C31H33N5O2S/c1-20-14-17-25(35(20)21-11-7-6-8-12-21)28-27(24-13-9-10-18-32-24)34-30(39)36(28)22-15-16-23(26(19-22)38-5)33-29(37)31(2,3)4/h6-19,27-28H,1-5H3,(H,33,37)(H,34,39)/t27-,28+/m1/s1. The van der Waals surface area contributed by atoms with Crippen LogP contribution >= 0.6 is 12.2 Å². The molecule has 1 fully saturated rings.